The summed E-state index contributed by atoms with van der Waals surface area (Å²) in [5.74, 6) is 0.172. The molecule has 2 saturated carbocycles. The highest BCUT2D eigenvalue weighted by molar-refractivity contribution is 5.87. The standard InChI is InChI=1S/C15H22N2O3/c18-14(16-9-1-2-9)8-17(10-3-4-10)15(19)12-7-11-5-6-13(12)20-11/h9-13H,1-8H2,(H,16,18). The highest BCUT2D eigenvalue weighted by Crippen LogP contribution is 2.41. The molecule has 5 heteroatoms. The Balaban J connectivity index is 1.39. The molecule has 0 aromatic heterocycles. The minimum absolute atomic E-state index is 0.00285. The average Bonchev–Trinajstić information content (AvgIpc) is 3.36. The number of carbonyl (C=O) groups is 2. The number of carbonyl (C=O) groups excluding carboxylic acids is 2. The van der Waals surface area contributed by atoms with E-state index in [1.165, 1.54) is 0 Å². The van der Waals surface area contributed by atoms with Gasteiger partial charge in [0.15, 0.2) is 0 Å². The third-order valence-electron chi connectivity index (χ3n) is 4.95. The Morgan fingerprint density at radius 3 is 2.45 bits per heavy atom. The first kappa shape index (κ1) is 12.6. The Bertz CT molecular complexity index is 431. The zero-order valence-corrected chi connectivity index (χ0v) is 11.7. The van der Waals surface area contributed by atoms with Crippen LogP contribution in [-0.4, -0.2) is 47.6 Å². The van der Waals surface area contributed by atoms with Gasteiger partial charge < -0.3 is 15.0 Å². The molecule has 3 unspecified atom stereocenters. The first-order chi connectivity index (χ1) is 9.70. The lowest BCUT2D eigenvalue weighted by atomic mass is 9.88. The highest BCUT2D eigenvalue weighted by atomic mass is 16.5. The van der Waals surface area contributed by atoms with Crippen molar-refractivity contribution < 1.29 is 14.3 Å². The Labute approximate surface area is 119 Å². The molecule has 4 fully saturated rings. The van der Waals surface area contributed by atoms with Gasteiger partial charge in [0.05, 0.1) is 24.7 Å². The van der Waals surface area contributed by atoms with Crippen LogP contribution in [0.5, 0.6) is 0 Å². The van der Waals surface area contributed by atoms with E-state index in [-0.39, 0.29) is 36.5 Å². The normalized spacial score (nSPS) is 35.1. The summed E-state index contributed by atoms with van der Waals surface area (Å²) in [4.78, 5) is 26.5. The van der Waals surface area contributed by atoms with E-state index in [1.54, 1.807) is 0 Å². The van der Waals surface area contributed by atoms with Crippen LogP contribution in [0.1, 0.15) is 44.9 Å². The van der Waals surface area contributed by atoms with Crippen molar-refractivity contribution in [2.75, 3.05) is 6.54 Å². The minimum atomic E-state index is 0.00285. The molecule has 2 saturated heterocycles. The van der Waals surface area contributed by atoms with Gasteiger partial charge in [-0.1, -0.05) is 0 Å². The third kappa shape index (κ3) is 2.43. The van der Waals surface area contributed by atoms with Crippen LogP contribution in [0.4, 0.5) is 0 Å². The van der Waals surface area contributed by atoms with Crippen LogP contribution in [0.15, 0.2) is 0 Å². The molecule has 1 N–H and O–H groups in total. The van der Waals surface area contributed by atoms with Gasteiger partial charge >= 0.3 is 0 Å². The van der Waals surface area contributed by atoms with Crippen molar-refractivity contribution in [3.05, 3.63) is 0 Å². The van der Waals surface area contributed by atoms with Gasteiger partial charge in [-0.15, -0.1) is 0 Å². The zero-order valence-electron chi connectivity index (χ0n) is 11.7. The van der Waals surface area contributed by atoms with E-state index < -0.39 is 0 Å². The lowest BCUT2D eigenvalue weighted by Gasteiger charge is -2.27. The fraction of sp³-hybridized carbons (Fsp3) is 0.867. The quantitative estimate of drug-likeness (QED) is 0.810. The molecule has 20 heavy (non-hydrogen) atoms. The molecule has 3 atom stereocenters. The second kappa shape index (κ2) is 4.72. The Morgan fingerprint density at radius 1 is 1.10 bits per heavy atom. The number of amides is 2. The van der Waals surface area contributed by atoms with Crippen LogP contribution >= 0.6 is 0 Å². The van der Waals surface area contributed by atoms with Gasteiger partial charge in [0.1, 0.15) is 0 Å². The summed E-state index contributed by atoms with van der Waals surface area (Å²) < 4.78 is 5.79. The number of ether oxygens (including phenoxy) is 1. The molecule has 4 rings (SSSR count). The molecule has 0 aromatic carbocycles. The van der Waals surface area contributed by atoms with E-state index in [0.717, 1.165) is 44.9 Å². The second-order valence-electron chi connectivity index (χ2n) is 6.76. The van der Waals surface area contributed by atoms with E-state index in [1.807, 2.05) is 4.90 Å². The summed E-state index contributed by atoms with van der Waals surface area (Å²) in [7, 11) is 0. The monoisotopic (exact) mass is 278 g/mol. The van der Waals surface area contributed by atoms with Crippen LogP contribution < -0.4 is 5.32 Å². The number of hydrogen-bond donors (Lipinski definition) is 1. The first-order valence-electron chi connectivity index (χ1n) is 7.96. The van der Waals surface area contributed by atoms with Crippen molar-refractivity contribution in [2.24, 2.45) is 5.92 Å². The van der Waals surface area contributed by atoms with E-state index in [2.05, 4.69) is 5.32 Å². The maximum Gasteiger partial charge on any atom is 0.239 e. The van der Waals surface area contributed by atoms with Gasteiger partial charge in [0, 0.05) is 12.1 Å². The Hall–Kier alpha value is -1.10. The Kier molecular flexibility index (Phi) is 2.98. The predicted octanol–water partition coefficient (Wildman–Crippen LogP) is 0.823. The lowest BCUT2D eigenvalue weighted by Crippen LogP contribution is -2.46. The van der Waals surface area contributed by atoms with Crippen molar-refractivity contribution >= 4 is 11.8 Å². The molecule has 0 spiro atoms. The number of hydrogen-bond acceptors (Lipinski definition) is 3. The summed E-state index contributed by atoms with van der Waals surface area (Å²) in [5, 5.41) is 2.98. The van der Waals surface area contributed by atoms with Crippen molar-refractivity contribution in [1.82, 2.24) is 10.2 Å². The molecule has 2 aliphatic carbocycles. The van der Waals surface area contributed by atoms with Crippen molar-refractivity contribution in [1.29, 1.82) is 0 Å². The van der Waals surface area contributed by atoms with E-state index in [0.29, 0.717) is 12.1 Å². The van der Waals surface area contributed by atoms with Gasteiger partial charge in [0.25, 0.3) is 0 Å². The zero-order chi connectivity index (χ0) is 13.7. The molecule has 110 valence electrons. The van der Waals surface area contributed by atoms with Gasteiger partial charge in [0.2, 0.25) is 11.8 Å². The summed E-state index contributed by atoms with van der Waals surface area (Å²) in [5.41, 5.74) is 0. The van der Waals surface area contributed by atoms with Crippen LogP contribution in [0.3, 0.4) is 0 Å². The van der Waals surface area contributed by atoms with E-state index in [4.69, 9.17) is 4.74 Å². The smallest absolute Gasteiger partial charge is 0.239 e. The molecule has 2 amide bonds. The fourth-order valence-electron chi connectivity index (χ4n) is 3.54. The largest absolute Gasteiger partial charge is 0.374 e. The van der Waals surface area contributed by atoms with Crippen LogP contribution in [0, 0.1) is 5.92 Å². The van der Waals surface area contributed by atoms with Gasteiger partial charge in [-0.2, -0.15) is 0 Å². The van der Waals surface area contributed by atoms with Crippen molar-refractivity contribution in [2.45, 2.75) is 69.2 Å². The maximum atomic E-state index is 12.7. The van der Waals surface area contributed by atoms with Crippen LogP contribution in [-0.2, 0) is 14.3 Å². The summed E-state index contributed by atoms with van der Waals surface area (Å²) >= 11 is 0. The number of rotatable bonds is 5. The number of nitrogens with zero attached hydrogens (tertiary/aromatic N) is 1. The number of fused-ring (bicyclic) bond motifs is 2. The van der Waals surface area contributed by atoms with Crippen LogP contribution in [0.25, 0.3) is 0 Å². The Morgan fingerprint density at radius 2 is 1.90 bits per heavy atom. The van der Waals surface area contributed by atoms with Gasteiger partial charge in [-0.05, 0) is 44.9 Å². The summed E-state index contributed by atoms with van der Waals surface area (Å²) in [6.45, 7) is 0.244. The van der Waals surface area contributed by atoms with Gasteiger partial charge in [-0.25, -0.2) is 0 Å². The number of nitrogens with one attached hydrogen (secondary N) is 1. The molecule has 2 bridgehead atoms. The van der Waals surface area contributed by atoms with Crippen molar-refractivity contribution in [3.63, 3.8) is 0 Å². The second-order valence-corrected chi connectivity index (χ2v) is 6.76. The minimum Gasteiger partial charge on any atom is -0.374 e. The topological polar surface area (TPSA) is 58.6 Å². The average molecular weight is 278 g/mol. The summed E-state index contributed by atoms with van der Waals surface area (Å²) in [6, 6.07) is 0.663. The maximum absolute atomic E-state index is 12.7. The highest BCUT2D eigenvalue weighted by Gasteiger charge is 2.48. The van der Waals surface area contributed by atoms with Crippen LogP contribution in [0.2, 0.25) is 0 Å². The van der Waals surface area contributed by atoms with Gasteiger partial charge in [-0.3, -0.25) is 9.59 Å². The molecule has 2 aliphatic heterocycles. The van der Waals surface area contributed by atoms with E-state index >= 15 is 0 Å². The summed E-state index contributed by atoms with van der Waals surface area (Å²) in [6.07, 6.45) is 7.63. The van der Waals surface area contributed by atoms with E-state index in [9.17, 15) is 9.59 Å². The molecule has 0 aromatic rings. The van der Waals surface area contributed by atoms with Crippen molar-refractivity contribution in [3.8, 4) is 0 Å². The predicted molar refractivity (Wildman–Crippen MR) is 71.9 cm³/mol. The third-order valence-corrected chi connectivity index (χ3v) is 4.95. The molecule has 4 aliphatic rings. The molecular formula is C15H22N2O3. The fourth-order valence-corrected chi connectivity index (χ4v) is 3.54. The first-order valence-corrected chi connectivity index (χ1v) is 7.96. The lowest BCUT2D eigenvalue weighted by molar-refractivity contribution is -0.141. The molecule has 5 nitrogen and oxygen atoms in total. The molecule has 2 heterocycles. The molecule has 0 radical (unpaired) electrons. The SMILES string of the molecule is O=C(CN(C(=O)C1CC2CCC1O2)C1CC1)NC1CC1. The molecular weight excluding hydrogens is 256 g/mol.